The molecule has 1 aliphatic heterocycles. The second-order valence-electron chi connectivity index (χ2n) is 4.87. The van der Waals surface area contributed by atoms with Gasteiger partial charge in [0.15, 0.2) is 11.5 Å². The minimum absolute atomic E-state index is 0.00581. The number of rotatable bonds is 5. The third kappa shape index (κ3) is 2.80. The van der Waals surface area contributed by atoms with Gasteiger partial charge in [-0.3, -0.25) is 0 Å². The molecule has 0 aliphatic carbocycles. The van der Waals surface area contributed by atoms with Gasteiger partial charge < -0.3 is 19.9 Å². The zero-order valence-corrected chi connectivity index (χ0v) is 14.4. The number of aromatic nitrogens is 4. The van der Waals surface area contributed by atoms with Crippen LogP contribution >= 0.6 is 15.9 Å². The fraction of sp³-hybridized carbons (Fsp3) is 0.286. The van der Waals surface area contributed by atoms with Crippen molar-refractivity contribution in [3.63, 3.8) is 0 Å². The number of anilines is 1. The Balaban J connectivity index is 2.11. The Morgan fingerprint density at radius 2 is 2.29 bits per heavy atom. The molecule has 2 N–H and O–H groups in total. The van der Waals surface area contributed by atoms with E-state index in [0.717, 1.165) is 5.56 Å². The van der Waals surface area contributed by atoms with Crippen LogP contribution in [0.5, 0.6) is 11.5 Å². The number of methoxy groups -OCH3 is 1. The topological polar surface area (TPSA) is 111 Å². The number of nitrogens with zero attached hydrogens (tertiary/aromatic N) is 4. The first-order valence-corrected chi connectivity index (χ1v) is 7.84. The van der Waals surface area contributed by atoms with E-state index in [9.17, 15) is 9.90 Å². The summed E-state index contributed by atoms with van der Waals surface area (Å²) >= 11 is 3.46. The predicted octanol–water partition coefficient (Wildman–Crippen LogP) is 1.83. The standard InChI is InChI=1S/C14H14BrN5O4/c1-3-24-12-8(15)4-7(5-11(12)23-2)10-6-9(13(21)22)16-14-17-18-19-20(10)14/h4-6,10H,3H2,1-2H3,(H,21,22)(H,16,17,19). The molecule has 9 nitrogen and oxygen atoms in total. The van der Waals surface area contributed by atoms with Gasteiger partial charge in [-0.2, -0.15) is 4.68 Å². The number of tetrazole rings is 1. The van der Waals surface area contributed by atoms with Crippen LogP contribution in [0.2, 0.25) is 0 Å². The number of ether oxygens (including phenoxy) is 2. The molecule has 1 unspecified atom stereocenters. The van der Waals surface area contributed by atoms with Gasteiger partial charge in [0.2, 0.25) is 5.95 Å². The molecule has 0 spiro atoms. The monoisotopic (exact) mass is 395 g/mol. The van der Waals surface area contributed by atoms with E-state index >= 15 is 0 Å². The first-order chi connectivity index (χ1) is 11.5. The summed E-state index contributed by atoms with van der Waals surface area (Å²) in [7, 11) is 1.54. The van der Waals surface area contributed by atoms with Crippen LogP contribution in [0, 0.1) is 0 Å². The highest BCUT2D eigenvalue weighted by atomic mass is 79.9. The van der Waals surface area contributed by atoms with Gasteiger partial charge in [0.05, 0.1) is 18.2 Å². The molecular formula is C14H14BrN5O4. The molecule has 1 aromatic carbocycles. The van der Waals surface area contributed by atoms with Crippen molar-refractivity contribution >= 4 is 27.8 Å². The molecule has 0 radical (unpaired) electrons. The van der Waals surface area contributed by atoms with Crippen LogP contribution in [-0.4, -0.2) is 45.0 Å². The number of hydrogen-bond donors (Lipinski definition) is 2. The first kappa shape index (κ1) is 16.2. The summed E-state index contributed by atoms with van der Waals surface area (Å²) in [5.41, 5.74) is 0.752. The number of allylic oxidation sites excluding steroid dienone is 1. The van der Waals surface area contributed by atoms with Gasteiger partial charge in [0.1, 0.15) is 11.7 Å². The fourth-order valence-corrected chi connectivity index (χ4v) is 2.99. The molecule has 3 rings (SSSR count). The SMILES string of the molecule is CCOc1c(Br)cc(C2C=C(C(=O)O)Nc3nnnn32)cc1OC. The number of carboxylic acids is 1. The number of fused-ring (bicyclic) bond motifs is 1. The lowest BCUT2D eigenvalue weighted by Crippen LogP contribution is -2.24. The van der Waals surface area contributed by atoms with Crippen molar-refractivity contribution in [3.8, 4) is 11.5 Å². The minimum Gasteiger partial charge on any atom is -0.493 e. The van der Waals surface area contributed by atoms with Crippen LogP contribution < -0.4 is 14.8 Å². The highest BCUT2D eigenvalue weighted by Gasteiger charge is 2.27. The lowest BCUT2D eigenvalue weighted by Gasteiger charge is -2.23. The quantitative estimate of drug-likeness (QED) is 0.788. The molecule has 2 aromatic rings. The van der Waals surface area contributed by atoms with Crippen LogP contribution in [0.1, 0.15) is 18.5 Å². The van der Waals surface area contributed by atoms with E-state index in [2.05, 4.69) is 36.8 Å². The van der Waals surface area contributed by atoms with Gasteiger partial charge in [0.25, 0.3) is 0 Å². The van der Waals surface area contributed by atoms with Gasteiger partial charge in [-0.1, -0.05) is 5.10 Å². The van der Waals surface area contributed by atoms with Crippen molar-refractivity contribution in [3.05, 3.63) is 33.9 Å². The Kier molecular flexibility index (Phi) is 4.38. The highest BCUT2D eigenvalue weighted by molar-refractivity contribution is 9.10. The maximum absolute atomic E-state index is 11.3. The van der Waals surface area contributed by atoms with Gasteiger partial charge in [-0.05, 0) is 57.1 Å². The second-order valence-corrected chi connectivity index (χ2v) is 5.72. The molecule has 1 aromatic heterocycles. The van der Waals surface area contributed by atoms with Crippen LogP contribution in [0.25, 0.3) is 0 Å². The van der Waals surface area contributed by atoms with Crippen molar-refractivity contribution in [2.75, 3.05) is 19.0 Å². The number of aliphatic carboxylic acids is 1. The molecule has 10 heteroatoms. The molecule has 24 heavy (non-hydrogen) atoms. The second kappa shape index (κ2) is 6.48. The largest absolute Gasteiger partial charge is 0.493 e. The van der Waals surface area contributed by atoms with Crippen molar-refractivity contribution in [2.24, 2.45) is 0 Å². The Morgan fingerprint density at radius 1 is 1.50 bits per heavy atom. The molecule has 1 atom stereocenters. The maximum Gasteiger partial charge on any atom is 0.352 e. The van der Waals surface area contributed by atoms with Gasteiger partial charge in [-0.25, -0.2) is 4.79 Å². The third-order valence-corrected chi connectivity index (χ3v) is 4.03. The van der Waals surface area contributed by atoms with Crippen molar-refractivity contribution < 1.29 is 19.4 Å². The van der Waals surface area contributed by atoms with E-state index in [-0.39, 0.29) is 11.6 Å². The van der Waals surface area contributed by atoms with Crippen molar-refractivity contribution in [1.82, 2.24) is 20.2 Å². The van der Waals surface area contributed by atoms with Crippen LogP contribution in [0.15, 0.2) is 28.4 Å². The zero-order valence-electron chi connectivity index (χ0n) is 12.9. The summed E-state index contributed by atoms with van der Waals surface area (Å²) in [5, 5.41) is 23.3. The van der Waals surface area contributed by atoms with Crippen LogP contribution in [-0.2, 0) is 4.79 Å². The highest BCUT2D eigenvalue weighted by Crippen LogP contribution is 2.40. The minimum atomic E-state index is -1.09. The van der Waals surface area contributed by atoms with E-state index in [1.165, 1.54) is 17.9 Å². The van der Waals surface area contributed by atoms with Crippen molar-refractivity contribution in [1.29, 1.82) is 0 Å². The third-order valence-electron chi connectivity index (χ3n) is 3.44. The lowest BCUT2D eigenvalue weighted by atomic mass is 10.0. The van der Waals surface area contributed by atoms with E-state index in [0.29, 0.717) is 22.6 Å². The summed E-state index contributed by atoms with van der Waals surface area (Å²) in [4.78, 5) is 11.3. The molecule has 1 aliphatic rings. The normalized spacial score (nSPS) is 16.0. The zero-order chi connectivity index (χ0) is 17.3. The van der Waals surface area contributed by atoms with E-state index in [1.54, 1.807) is 6.07 Å². The smallest absolute Gasteiger partial charge is 0.352 e. The van der Waals surface area contributed by atoms with Gasteiger partial charge in [0, 0.05) is 0 Å². The molecule has 2 heterocycles. The predicted molar refractivity (Wildman–Crippen MR) is 87.2 cm³/mol. The van der Waals surface area contributed by atoms with Crippen LogP contribution in [0.4, 0.5) is 5.95 Å². The lowest BCUT2D eigenvalue weighted by molar-refractivity contribution is -0.132. The van der Waals surface area contributed by atoms with Gasteiger partial charge >= 0.3 is 5.97 Å². The number of hydrogen-bond acceptors (Lipinski definition) is 7. The molecule has 0 amide bonds. The summed E-state index contributed by atoms with van der Waals surface area (Å²) < 4.78 is 13.1. The summed E-state index contributed by atoms with van der Waals surface area (Å²) in [6.07, 6.45) is 1.53. The molecule has 0 saturated heterocycles. The first-order valence-electron chi connectivity index (χ1n) is 7.05. The number of carboxylic acid groups (broad SMARTS) is 1. The number of nitrogens with one attached hydrogen (secondary N) is 1. The van der Waals surface area contributed by atoms with Crippen molar-refractivity contribution in [2.45, 2.75) is 13.0 Å². The average molecular weight is 396 g/mol. The Bertz CT molecular complexity index is 819. The Labute approximate surface area is 145 Å². The molecule has 0 saturated carbocycles. The van der Waals surface area contributed by atoms with Gasteiger partial charge in [-0.15, -0.1) is 0 Å². The van der Waals surface area contributed by atoms with E-state index in [1.807, 2.05) is 13.0 Å². The molecule has 126 valence electrons. The molecular weight excluding hydrogens is 382 g/mol. The number of carbonyl (C=O) groups is 1. The Hall–Kier alpha value is -2.62. The number of halogens is 1. The molecule has 0 fully saturated rings. The van der Waals surface area contributed by atoms with E-state index < -0.39 is 12.0 Å². The van der Waals surface area contributed by atoms with E-state index in [4.69, 9.17) is 9.47 Å². The summed E-state index contributed by atoms with van der Waals surface area (Å²) in [6.45, 7) is 2.36. The average Bonchev–Trinajstić information content (AvgIpc) is 3.04. The summed E-state index contributed by atoms with van der Waals surface area (Å²) in [5.74, 6) is 0.270. The number of benzene rings is 1. The maximum atomic E-state index is 11.3. The fourth-order valence-electron chi connectivity index (χ4n) is 2.41. The molecule has 0 bridgehead atoms. The van der Waals surface area contributed by atoms with Crippen LogP contribution in [0.3, 0.4) is 0 Å². The Morgan fingerprint density at radius 3 is 2.96 bits per heavy atom. The summed E-state index contributed by atoms with van der Waals surface area (Å²) in [6, 6.07) is 3.10.